The van der Waals surface area contributed by atoms with E-state index in [1.807, 2.05) is 14.1 Å². The van der Waals surface area contributed by atoms with Crippen molar-refractivity contribution in [1.82, 2.24) is 14.9 Å². The lowest BCUT2D eigenvalue weighted by atomic mass is 10.3. The average Bonchev–Trinajstić information content (AvgIpc) is 2.25. The largest absolute Gasteiger partial charge is 0.478 e. The molecule has 0 saturated heterocycles. The van der Waals surface area contributed by atoms with Gasteiger partial charge in [-0.1, -0.05) is 0 Å². The first-order valence-corrected chi connectivity index (χ1v) is 5.03. The molecule has 0 spiro atoms. The summed E-state index contributed by atoms with van der Waals surface area (Å²) in [6.45, 7) is 1.75. The maximum Gasteiger partial charge on any atom is 0.338 e. The Bertz CT molecular complexity index is 337. The van der Waals surface area contributed by atoms with E-state index in [0.717, 1.165) is 19.5 Å². The topological polar surface area (TPSA) is 78.4 Å². The highest BCUT2D eigenvalue weighted by molar-refractivity contribution is 5.86. The number of nitrogens with zero attached hydrogens (tertiary/aromatic N) is 3. The Labute approximate surface area is 94.3 Å². The number of anilines is 1. The van der Waals surface area contributed by atoms with Gasteiger partial charge >= 0.3 is 5.97 Å². The summed E-state index contributed by atoms with van der Waals surface area (Å²) >= 11 is 0. The second kappa shape index (κ2) is 6.02. The minimum atomic E-state index is -1.01. The van der Waals surface area contributed by atoms with Crippen molar-refractivity contribution in [3.63, 3.8) is 0 Å². The summed E-state index contributed by atoms with van der Waals surface area (Å²) in [5.41, 5.74) is 0.0961. The first-order chi connectivity index (χ1) is 7.59. The van der Waals surface area contributed by atoms with Crippen LogP contribution in [0.15, 0.2) is 12.4 Å². The zero-order valence-corrected chi connectivity index (χ0v) is 9.47. The Morgan fingerprint density at radius 3 is 2.56 bits per heavy atom. The van der Waals surface area contributed by atoms with Crippen molar-refractivity contribution >= 4 is 11.9 Å². The van der Waals surface area contributed by atoms with Gasteiger partial charge in [0.15, 0.2) is 0 Å². The molecule has 0 aliphatic heterocycles. The number of hydrogen-bond donors (Lipinski definition) is 2. The molecule has 16 heavy (non-hydrogen) atoms. The molecule has 0 saturated carbocycles. The van der Waals surface area contributed by atoms with Crippen LogP contribution in [0.5, 0.6) is 0 Å². The molecule has 0 unspecified atom stereocenters. The third-order valence-electron chi connectivity index (χ3n) is 1.96. The molecule has 1 rings (SSSR count). The predicted octanol–water partition coefficient (Wildman–Crippen LogP) is 0.538. The van der Waals surface area contributed by atoms with Crippen molar-refractivity contribution in [2.75, 3.05) is 32.5 Å². The van der Waals surface area contributed by atoms with Crippen LogP contribution in [0, 0.1) is 0 Å². The average molecular weight is 224 g/mol. The highest BCUT2D eigenvalue weighted by Gasteiger charge is 2.03. The van der Waals surface area contributed by atoms with Gasteiger partial charge in [0.25, 0.3) is 0 Å². The second-order valence-corrected chi connectivity index (χ2v) is 3.68. The highest BCUT2D eigenvalue weighted by atomic mass is 16.4. The molecule has 0 aliphatic carbocycles. The van der Waals surface area contributed by atoms with E-state index in [2.05, 4.69) is 20.2 Å². The van der Waals surface area contributed by atoms with E-state index in [1.165, 1.54) is 12.4 Å². The summed E-state index contributed by atoms with van der Waals surface area (Å²) in [5, 5.41) is 11.7. The summed E-state index contributed by atoms with van der Waals surface area (Å²) < 4.78 is 0. The number of aromatic nitrogens is 2. The third-order valence-corrected chi connectivity index (χ3v) is 1.96. The van der Waals surface area contributed by atoms with Crippen molar-refractivity contribution in [1.29, 1.82) is 0 Å². The number of aromatic carboxylic acids is 1. The monoisotopic (exact) mass is 224 g/mol. The van der Waals surface area contributed by atoms with Crippen LogP contribution >= 0.6 is 0 Å². The van der Waals surface area contributed by atoms with Crippen LogP contribution in [0.3, 0.4) is 0 Å². The lowest BCUT2D eigenvalue weighted by molar-refractivity contribution is 0.0696. The number of hydrogen-bond acceptors (Lipinski definition) is 5. The van der Waals surface area contributed by atoms with Crippen LogP contribution < -0.4 is 5.32 Å². The van der Waals surface area contributed by atoms with Crippen molar-refractivity contribution in [3.05, 3.63) is 18.0 Å². The van der Waals surface area contributed by atoms with Crippen LogP contribution in [0.25, 0.3) is 0 Å². The van der Waals surface area contributed by atoms with Gasteiger partial charge in [0.2, 0.25) is 5.95 Å². The van der Waals surface area contributed by atoms with Crippen LogP contribution in [0.1, 0.15) is 16.8 Å². The van der Waals surface area contributed by atoms with Gasteiger partial charge in [-0.2, -0.15) is 0 Å². The third kappa shape index (κ3) is 4.22. The molecule has 0 atom stereocenters. The Hall–Kier alpha value is -1.69. The Morgan fingerprint density at radius 2 is 2.06 bits per heavy atom. The molecule has 0 fully saturated rings. The van der Waals surface area contributed by atoms with Crippen LogP contribution in [-0.2, 0) is 0 Å². The summed E-state index contributed by atoms with van der Waals surface area (Å²) in [7, 11) is 4.02. The molecule has 0 aromatic carbocycles. The van der Waals surface area contributed by atoms with Gasteiger partial charge in [0, 0.05) is 18.9 Å². The van der Waals surface area contributed by atoms with Gasteiger partial charge in [-0.05, 0) is 27.1 Å². The first kappa shape index (κ1) is 12.4. The van der Waals surface area contributed by atoms with Crippen LogP contribution in [0.2, 0.25) is 0 Å². The van der Waals surface area contributed by atoms with E-state index in [0.29, 0.717) is 5.95 Å². The lowest BCUT2D eigenvalue weighted by Crippen LogP contribution is -2.17. The van der Waals surface area contributed by atoms with Crippen LogP contribution in [0.4, 0.5) is 5.95 Å². The van der Waals surface area contributed by atoms with Crippen molar-refractivity contribution in [2.45, 2.75) is 6.42 Å². The van der Waals surface area contributed by atoms with Gasteiger partial charge in [-0.15, -0.1) is 0 Å². The molecule has 88 valence electrons. The number of carboxylic acid groups (broad SMARTS) is 1. The molecule has 1 heterocycles. The molecule has 0 aliphatic rings. The van der Waals surface area contributed by atoms with E-state index in [1.54, 1.807) is 0 Å². The first-order valence-electron chi connectivity index (χ1n) is 5.03. The van der Waals surface area contributed by atoms with Gasteiger partial charge in [0.05, 0.1) is 5.56 Å². The predicted molar refractivity (Wildman–Crippen MR) is 60.7 cm³/mol. The van der Waals surface area contributed by atoms with Gasteiger partial charge < -0.3 is 15.3 Å². The highest BCUT2D eigenvalue weighted by Crippen LogP contribution is 2.00. The minimum Gasteiger partial charge on any atom is -0.478 e. The molecule has 2 N–H and O–H groups in total. The molecular weight excluding hydrogens is 208 g/mol. The van der Waals surface area contributed by atoms with E-state index >= 15 is 0 Å². The Kier molecular flexibility index (Phi) is 4.65. The maximum atomic E-state index is 10.5. The van der Waals surface area contributed by atoms with Gasteiger partial charge in [-0.25, -0.2) is 14.8 Å². The maximum absolute atomic E-state index is 10.5. The number of rotatable bonds is 6. The number of nitrogens with one attached hydrogen (secondary N) is 1. The molecule has 6 nitrogen and oxygen atoms in total. The smallest absolute Gasteiger partial charge is 0.338 e. The molecule has 0 radical (unpaired) electrons. The number of carboxylic acids is 1. The molecule has 1 aromatic heterocycles. The van der Waals surface area contributed by atoms with E-state index in [9.17, 15) is 4.79 Å². The van der Waals surface area contributed by atoms with E-state index in [-0.39, 0.29) is 5.56 Å². The fourth-order valence-corrected chi connectivity index (χ4v) is 1.13. The van der Waals surface area contributed by atoms with E-state index in [4.69, 9.17) is 5.11 Å². The molecular formula is C10H16N4O2. The van der Waals surface area contributed by atoms with Crippen molar-refractivity contribution in [3.8, 4) is 0 Å². The van der Waals surface area contributed by atoms with Gasteiger partial charge in [-0.3, -0.25) is 0 Å². The van der Waals surface area contributed by atoms with E-state index < -0.39 is 5.97 Å². The molecule has 6 heteroatoms. The molecule has 0 bridgehead atoms. The summed E-state index contributed by atoms with van der Waals surface area (Å²) in [4.78, 5) is 20.4. The van der Waals surface area contributed by atoms with Crippen molar-refractivity contribution in [2.24, 2.45) is 0 Å². The fourth-order valence-electron chi connectivity index (χ4n) is 1.13. The standard InChI is InChI=1S/C10H16N4O2/c1-14(2)5-3-4-11-10-12-6-8(7-13-10)9(15)16/h6-7H,3-5H2,1-2H3,(H,15,16)(H,11,12,13). The van der Waals surface area contributed by atoms with Crippen LogP contribution in [-0.4, -0.2) is 53.1 Å². The molecule has 0 amide bonds. The summed E-state index contributed by atoms with van der Waals surface area (Å²) in [6.07, 6.45) is 3.57. The Balaban J connectivity index is 2.35. The SMILES string of the molecule is CN(C)CCCNc1ncc(C(=O)O)cn1. The zero-order valence-electron chi connectivity index (χ0n) is 9.47. The fraction of sp³-hybridized carbons (Fsp3) is 0.500. The summed E-state index contributed by atoms with van der Waals surface area (Å²) in [5.74, 6) is -0.553. The lowest BCUT2D eigenvalue weighted by Gasteiger charge is -2.09. The second-order valence-electron chi connectivity index (χ2n) is 3.68. The summed E-state index contributed by atoms with van der Waals surface area (Å²) in [6, 6.07) is 0. The zero-order chi connectivity index (χ0) is 12.0. The van der Waals surface area contributed by atoms with Crippen molar-refractivity contribution < 1.29 is 9.90 Å². The molecule has 1 aromatic rings. The number of carbonyl (C=O) groups is 1. The van der Waals surface area contributed by atoms with Gasteiger partial charge in [0.1, 0.15) is 0 Å². The minimum absolute atomic E-state index is 0.0961. The quantitative estimate of drug-likeness (QED) is 0.687. The Morgan fingerprint density at radius 1 is 1.44 bits per heavy atom. The normalized spacial score (nSPS) is 10.4.